The lowest BCUT2D eigenvalue weighted by molar-refractivity contribution is -0.131. The number of rotatable bonds is 3. The van der Waals surface area contributed by atoms with E-state index in [1.165, 1.54) is 6.08 Å². The summed E-state index contributed by atoms with van der Waals surface area (Å²) >= 11 is 0. The van der Waals surface area contributed by atoms with Gasteiger partial charge in [0.2, 0.25) is 0 Å². The summed E-state index contributed by atoms with van der Waals surface area (Å²) in [6.45, 7) is 1.07. The maximum absolute atomic E-state index is 12.1. The van der Waals surface area contributed by atoms with Crippen LogP contribution in [0.25, 0.3) is 6.08 Å². The van der Waals surface area contributed by atoms with Gasteiger partial charge in [-0.15, -0.1) is 0 Å². The Morgan fingerprint density at radius 1 is 1.29 bits per heavy atom. The first-order valence-electron chi connectivity index (χ1n) is 6.79. The number of aliphatic hydroxyl groups excluding tert-OH is 1. The molecule has 6 heteroatoms. The minimum atomic E-state index is -1.02. The summed E-state index contributed by atoms with van der Waals surface area (Å²) in [6, 6.07) is 6.75. The van der Waals surface area contributed by atoms with Gasteiger partial charge in [-0.1, -0.05) is 12.1 Å². The molecule has 0 aliphatic carbocycles. The van der Waals surface area contributed by atoms with Crippen molar-refractivity contribution in [3.63, 3.8) is 0 Å². The smallest absolute Gasteiger partial charge is 0.328 e. The van der Waals surface area contributed by atoms with Gasteiger partial charge in [-0.3, -0.25) is 0 Å². The molecule has 0 unspecified atom stereocenters. The molecule has 0 bridgehead atoms. The molecule has 112 valence electrons. The van der Waals surface area contributed by atoms with Crippen molar-refractivity contribution in [3.05, 3.63) is 35.9 Å². The molecule has 2 amide bonds. The number of piperidine rings is 1. The normalized spacial score (nSPS) is 16.1. The first-order chi connectivity index (χ1) is 10.0. The molecule has 1 fully saturated rings. The zero-order valence-electron chi connectivity index (χ0n) is 11.5. The van der Waals surface area contributed by atoms with Crippen molar-refractivity contribution in [3.8, 4) is 0 Å². The van der Waals surface area contributed by atoms with E-state index in [1.54, 1.807) is 29.2 Å². The standard InChI is InChI=1S/C15H18N2O4/c18-13-6-8-17(9-7-13)15(21)16-12-3-1-2-11(10-12)4-5-14(19)20/h1-5,10,13,18H,6-9H2,(H,16,21)(H,19,20)/b5-4+. The highest BCUT2D eigenvalue weighted by atomic mass is 16.4. The molecule has 21 heavy (non-hydrogen) atoms. The van der Waals surface area contributed by atoms with Crippen molar-refractivity contribution in [2.45, 2.75) is 18.9 Å². The topological polar surface area (TPSA) is 89.9 Å². The Labute approximate surface area is 122 Å². The van der Waals surface area contributed by atoms with Gasteiger partial charge in [-0.25, -0.2) is 9.59 Å². The number of likely N-dealkylation sites (tertiary alicyclic amines) is 1. The quantitative estimate of drug-likeness (QED) is 0.740. The molecule has 1 aromatic rings. The number of hydrogen-bond donors (Lipinski definition) is 3. The van der Waals surface area contributed by atoms with Crippen LogP contribution in [0.4, 0.5) is 10.5 Å². The fourth-order valence-electron chi connectivity index (χ4n) is 2.16. The van der Waals surface area contributed by atoms with Crippen molar-refractivity contribution in [2.75, 3.05) is 18.4 Å². The number of aliphatic carboxylic acids is 1. The molecule has 0 saturated carbocycles. The zero-order chi connectivity index (χ0) is 15.2. The number of nitrogens with zero attached hydrogens (tertiary/aromatic N) is 1. The van der Waals surface area contributed by atoms with Crippen LogP contribution < -0.4 is 5.32 Å². The van der Waals surface area contributed by atoms with Gasteiger partial charge in [0.15, 0.2) is 0 Å². The summed E-state index contributed by atoms with van der Waals surface area (Å²) in [7, 11) is 0. The highest BCUT2D eigenvalue weighted by molar-refractivity contribution is 5.90. The lowest BCUT2D eigenvalue weighted by Crippen LogP contribution is -2.42. The molecular weight excluding hydrogens is 272 g/mol. The minimum Gasteiger partial charge on any atom is -0.478 e. The first kappa shape index (κ1) is 15.1. The molecule has 6 nitrogen and oxygen atoms in total. The molecule has 1 saturated heterocycles. The van der Waals surface area contributed by atoms with Crippen LogP contribution in [-0.2, 0) is 4.79 Å². The Morgan fingerprint density at radius 2 is 2.00 bits per heavy atom. The highest BCUT2D eigenvalue weighted by Gasteiger charge is 2.21. The minimum absolute atomic E-state index is 0.207. The summed E-state index contributed by atoms with van der Waals surface area (Å²) in [6.07, 6.45) is 3.38. The van der Waals surface area contributed by atoms with Crippen molar-refractivity contribution < 1.29 is 19.8 Å². The highest BCUT2D eigenvalue weighted by Crippen LogP contribution is 2.15. The van der Waals surface area contributed by atoms with Crippen molar-refractivity contribution >= 4 is 23.8 Å². The van der Waals surface area contributed by atoms with Gasteiger partial charge in [0.1, 0.15) is 0 Å². The van der Waals surface area contributed by atoms with E-state index in [4.69, 9.17) is 5.11 Å². The summed E-state index contributed by atoms with van der Waals surface area (Å²) in [5, 5.41) is 20.8. The van der Waals surface area contributed by atoms with E-state index in [1.807, 2.05) is 0 Å². The van der Waals surface area contributed by atoms with E-state index >= 15 is 0 Å². The van der Waals surface area contributed by atoms with E-state index in [-0.39, 0.29) is 12.1 Å². The van der Waals surface area contributed by atoms with E-state index in [2.05, 4.69) is 5.32 Å². The molecule has 0 spiro atoms. The van der Waals surface area contributed by atoms with Crippen LogP contribution in [0.3, 0.4) is 0 Å². The van der Waals surface area contributed by atoms with Gasteiger partial charge in [0.25, 0.3) is 0 Å². The van der Waals surface area contributed by atoms with Crippen LogP contribution in [0, 0.1) is 0 Å². The van der Waals surface area contributed by atoms with Crippen LogP contribution in [0.5, 0.6) is 0 Å². The maximum Gasteiger partial charge on any atom is 0.328 e. The van der Waals surface area contributed by atoms with Gasteiger partial charge in [0, 0.05) is 24.9 Å². The van der Waals surface area contributed by atoms with Gasteiger partial charge < -0.3 is 20.4 Å². The summed E-state index contributed by atoms with van der Waals surface area (Å²) in [4.78, 5) is 24.2. The van der Waals surface area contributed by atoms with E-state index in [0.717, 1.165) is 6.08 Å². The molecule has 1 heterocycles. The second-order valence-electron chi connectivity index (χ2n) is 4.95. The number of carbonyl (C=O) groups is 2. The number of urea groups is 1. The average Bonchev–Trinajstić information content (AvgIpc) is 2.46. The molecule has 0 atom stereocenters. The average molecular weight is 290 g/mol. The van der Waals surface area contributed by atoms with Crippen LogP contribution in [0.15, 0.2) is 30.3 Å². The Morgan fingerprint density at radius 3 is 2.67 bits per heavy atom. The van der Waals surface area contributed by atoms with Crippen molar-refractivity contribution in [1.29, 1.82) is 0 Å². The Bertz CT molecular complexity index is 548. The van der Waals surface area contributed by atoms with Crippen LogP contribution >= 0.6 is 0 Å². The fraction of sp³-hybridized carbons (Fsp3) is 0.333. The van der Waals surface area contributed by atoms with E-state index in [9.17, 15) is 14.7 Å². The second-order valence-corrected chi connectivity index (χ2v) is 4.95. The van der Waals surface area contributed by atoms with Crippen molar-refractivity contribution in [2.24, 2.45) is 0 Å². The molecule has 1 aliphatic rings. The Balaban J connectivity index is 1.97. The lowest BCUT2D eigenvalue weighted by atomic mass is 10.1. The molecule has 0 radical (unpaired) electrons. The van der Waals surface area contributed by atoms with Crippen LogP contribution in [-0.4, -0.2) is 46.3 Å². The maximum atomic E-state index is 12.1. The van der Waals surface area contributed by atoms with Gasteiger partial charge >= 0.3 is 12.0 Å². The molecule has 1 aromatic carbocycles. The predicted octanol–water partition coefficient (Wildman–Crippen LogP) is 1.77. The lowest BCUT2D eigenvalue weighted by Gasteiger charge is -2.29. The van der Waals surface area contributed by atoms with Crippen molar-refractivity contribution in [1.82, 2.24) is 4.90 Å². The molecule has 2 rings (SSSR count). The van der Waals surface area contributed by atoms with Gasteiger partial charge in [-0.2, -0.15) is 0 Å². The third-order valence-electron chi connectivity index (χ3n) is 3.31. The number of benzene rings is 1. The number of amides is 2. The molecule has 0 aromatic heterocycles. The van der Waals surface area contributed by atoms with E-state index < -0.39 is 5.97 Å². The largest absolute Gasteiger partial charge is 0.478 e. The number of anilines is 1. The summed E-state index contributed by atoms with van der Waals surface area (Å²) in [5.41, 5.74) is 1.31. The van der Waals surface area contributed by atoms with Crippen LogP contribution in [0.1, 0.15) is 18.4 Å². The van der Waals surface area contributed by atoms with E-state index in [0.29, 0.717) is 37.2 Å². The van der Waals surface area contributed by atoms with Gasteiger partial charge in [0.05, 0.1) is 6.10 Å². The third kappa shape index (κ3) is 4.61. The number of hydrogen-bond acceptors (Lipinski definition) is 3. The molecule has 3 N–H and O–H groups in total. The number of nitrogens with one attached hydrogen (secondary N) is 1. The molecular formula is C15H18N2O4. The molecule has 1 aliphatic heterocycles. The number of carbonyl (C=O) groups excluding carboxylic acids is 1. The monoisotopic (exact) mass is 290 g/mol. The number of carboxylic acid groups (broad SMARTS) is 1. The van der Waals surface area contributed by atoms with Gasteiger partial charge in [-0.05, 0) is 36.6 Å². The van der Waals surface area contributed by atoms with Crippen LogP contribution in [0.2, 0.25) is 0 Å². The summed E-state index contributed by atoms with van der Waals surface area (Å²) in [5.74, 6) is -1.02. The SMILES string of the molecule is O=C(O)/C=C/c1cccc(NC(=O)N2CCC(O)CC2)c1. The fourth-order valence-corrected chi connectivity index (χ4v) is 2.16. The summed E-state index contributed by atoms with van der Waals surface area (Å²) < 4.78 is 0. The number of carboxylic acids is 1. The Hall–Kier alpha value is -2.34. The Kier molecular flexibility index (Phi) is 4.94. The predicted molar refractivity (Wildman–Crippen MR) is 78.9 cm³/mol. The third-order valence-corrected chi connectivity index (χ3v) is 3.31. The first-order valence-corrected chi connectivity index (χ1v) is 6.79. The zero-order valence-corrected chi connectivity index (χ0v) is 11.5. The second kappa shape index (κ2) is 6.90. The number of aliphatic hydroxyl groups is 1.